The van der Waals surface area contributed by atoms with Crippen LogP contribution in [0.15, 0.2) is 47.6 Å². The molecule has 0 radical (unpaired) electrons. The highest BCUT2D eigenvalue weighted by Gasteiger charge is 2.28. The summed E-state index contributed by atoms with van der Waals surface area (Å²) in [4.78, 5) is 22.8. The zero-order valence-electron chi connectivity index (χ0n) is 14.8. The van der Waals surface area contributed by atoms with Gasteiger partial charge in [0.1, 0.15) is 12.7 Å². The fraction of sp³-hybridized carbons (Fsp3) is 0.500. The summed E-state index contributed by atoms with van der Waals surface area (Å²) in [6, 6.07) is 0. The number of carbonyl (C=O) groups excluding carboxylic acids is 2. The third kappa shape index (κ3) is 6.02. The van der Waals surface area contributed by atoms with Gasteiger partial charge in [-0.2, -0.15) is 0 Å². The van der Waals surface area contributed by atoms with Crippen molar-refractivity contribution in [3.8, 4) is 0 Å². The van der Waals surface area contributed by atoms with Crippen LogP contribution in [0.25, 0.3) is 0 Å². The molecule has 0 aliphatic carbocycles. The average molecular weight is 346 g/mol. The fourth-order valence-electron chi connectivity index (χ4n) is 2.95. The average Bonchev–Trinajstić information content (AvgIpc) is 3.10. The molecular weight excluding hydrogens is 320 g/mol. The zero-order chi connectivity index (χ0) is 18.4. The Hall–Kier alpha value is -2.14. The van der Waals surface area contributed by atoms with E-state index in [1.54, 1.807) is 0 Å². The lowest BCUT2D eigenvalue weighted by Gasteiger charge is -2.13. The molecule has 1 saturated heterocycles. The molecule has 1 unspecified atom stereocenters. The number of aliphatic hydroxyl groups excluding tert-OH is 1. The van der Waals surface area contributed by atoms with Crippen LogP contribution in [0.2, 0.25) is 0 Å². The van der Waals surface area contributed by atoms with E-state index in [4.69, 9.17) is 9.47 Å². The Balaban J connectivity index is 1.72. The maximum atomic E-state index is 11.8. The number of carbonyl (C=O) groups is 2. The molecule has 2 heterocycles. The highest BCUT2D eigenvalue weighted by atomic mass is 16.6. The van der Waals surface area contributed by atoms with E-state index >= 15 is 0 Å². The number of ether oxygens (including phenoxy) is 2. The molecule has 0 aromatic heterocycles. The van der Waals surface area contributed by atoms with Gasteiger partial charge in [-0.05, 0) is 43.8 Å². The Kier molecular flexibility index (Phi) is 6.76. The van der Waals surface area contributed by atoms with Gasteiger partial charge in [-0.1, -0.05) is 18.2 Å². The highest BCUT2D eigenvalue weighted by molar-refractivity contribution is 5.90. The number of hydrogen-bond donors (Lipinski definition) is 1. The van der Waals surface area contributed by atoms with Gasteiger partial charge in [-0.25, -0.2) is 9.59 Å². The molecule has 25 heavy (non-hydrogen) atoms. The first-order valence-corrected chi connectivity index (χ1v) is 8.61. The van der Waals surface area contributed by atoms with Crippen LogP contribution in [-0.2, 0) is 19.1 Å². The summed E-state index contributed by atoms with van der Waals surface area (Å²) < 4.78 is 10.1. The lowest BCUT2D eigenvalue weighted by Crippen LogP contribution is -2.10. The molecule has 0 amide bonds. The summed E-state index contributed by atoms with van der Waals surface area (Å²) in [5.41, 5.74) is 3.32. The standard InChI is InChI=1S/C20H26O5/c1-13(2)9-17-11-16(20(23)25-17)6-4-5-14(3)18(21)8-7-15-10-19(22)24-12-15/h6,10,17-18,21H,1,3-5,7-9,11-12H2,2H3/b16-6+/t17-,18?/m0/s1. The van der Waals surface area contributed by atoms with Gasteiger partial charge in [0.15, 0.2) is 0 Å². The van der Waals surface area contributed by atoms with Gasteiger partial charge in [-0.3, -0.25) is 0 Å². The van der Waals surface area contributed by atoms with Crippen molar-refractivity contribution in [1.82, 2.24) is 0 Å². The van der Waals surface area contributed by atoms with Crippen LogP contribution in [-0.4, -0.2) is 35.9 Å². The van der Waals surface area contributed by atoms with Crippen molar-refractivity contribution in [1.29, 1.82) is 0 Å². The van der Waals surface area contributed by atoms with Crippen LogP contribution in [0.4, 0.5) is 0 Å². The molecule has 0 spiro atoms. The molecule has 2 aliphatic heterocycles. The summed E-state index contributed by atoms with van der Waals surface area (Å²) in [5, 5.41) is 10.2. The van der Waals surface area contributed by atoms with E-state index in [0.29, 0.717) is 50.7 Å². The molecule has 1 N–H and O–H groups in total. The first-order valence-electron chi connectivity index (χ1n) is 8.61. The van der Waals surface area contributed by atoms with Gasteiger partial charge in [-0.15, -0.1) is 6.58 Å². The number of aliphatic hydroxyl groups is 1. The summed E-state index contributed by atoms with van der Waals surface area (Å²) in [6.45, 7) is 10.0. The van der Waals surface area contributed by atoms with E-state index in [9.17, 15) is 14.7 Å². The number of allylic oxidation sites excluding steroid dienone is 1. The zero-order valence-corrected chi connectivity index (χ0v) is 14.8. The van der Waals surface area contributed by atoms with Gasteiger partial charge in [0.2, 0.25) is 0 Å². The van der Waals surface area contributed by atoms with Gasteiger partial charge in [0.05, 0.1) is 6.10 Å². The van der Waals surface area contributed by atoms with Crippen molar-refractivity contribution >= 4 is 11.9 Å². The number of rotatable bonds is 9. The quantitative estimate of drug-likeness (QED) is 0.394. The van der Waals surface area contributed by atoms with Crippen molar-refractivity contribution < 1.29 is 24.2 Å². The monoisotopic (exact) mass is 346 g/mol. The van der Waals surface area contributed by atoms with Gasteiger partial charge >= 0.3 is 11.9 Å². The van der Waals surface area contributed by atoms with E-state index in [2.05, 4.69) is 13.2 Å². The first-order chi connectivity index (χ1) is 11.8. The second-order valence-electron chi connectivity index (χ2n) is 6.78. The number of hydrogen-bond acceptors (Lipinski definition) is 5. The van der Waals surface area contributed by atoms with Crippen molar-refractivity contribution in [2.24, 2.45) is 0 Å². The Morgan fingerprint density at radius 1 is 1.44 bits per heavy atom. The Morgan fingerprint density at radius 2 is 2.20 bits per heavy atom. The highest BCUT2D eigenvalue weighted by Crippen LogP contribution is 2.26. The van der Waals surface area contributed by atoms with Crippen molar-refractivity contribution in [2.45, 2.75) is 57.7 Å². The molecule has 0 aromatic rings. The molecule has 0 bridgehead atoms. The topological polar surface area (TPSA) is 72.8 Å². The second kappa shape index (κ2) is 8.81. The summed E-state index contributed by atoms with van der Waals surface area (Å²) >= 11 is 0. The fourth-order valence-corrected chi connectivity index (χ4v) is 2.95. The van der Waals surface area contributed by atoms with Gasteiger partial charge in [0, 0.05) is 24.5 Å². The number of cyclic esters (lactones) is 2. The molecule has 0 aromatic carbocycles. The summed E-state index contributed by atoms with van der Waals surface area (Å²) in [5.74, 6) is -0.571. The van der Waals surface area contributed by atoms with E-state index in [1.165, 1.54) is 6.08 Å². The van der Waals surface area contributed by atoms with Gasteiger partial charge < -0.3 is 14.6 Å². The maximum Gasteiger partial charge on any atom is 0.334 e. The van der Waals surface area contributed by atoms with Crippen LogP contribution in [0, 0.1) is 0 Å². The van der Waals surface area contributed by atoms with Gasteiger partial charge in [0.25, 0.3) is 0 Å². The predicted molar refractivity (Wildman–Crippen MR) is 94.7 cm³/mol. The van der Waals surface area contributed by atoms with Crippen LogP contribution < -0.4 is 0 Å². The molecule has 0 saturated carbocycles. The third-order valence-corrected chi connectivity index (χ3v) is 4.35. The second-order valence-corrected chi connectivity index (χ2v) is 6.78. The lowest BCUT2D eigenvalue weighted by atomic mass is 9.98. The molecule has 2 rings (SSSR count). The maximum absolute atomic E-state index is 11.8. The first kappa shape index (κ1) is 19.2. The molecule has 2 aliphatic rings. The van der Waals surface area contributed by atoms with Crippen LogP contribution in [0.3, 0.4) is 0 Å². The third-order valence-electron chi connectivity index (χ3n) is 4.35. The minimum Gasteiger partial charge on any atom is -0.458 e. The lowest BCUT2D eigenvalue weighted by molar-refractivity contribution is -0.138. The van der Waals surface area contributed by atoms with Crippen LogP contribution >= 0.6 is 0 Å². The van der Waals surface area contributed by atoms with E-state index in [1.807, 2.05) is 13.0 Å². The molecular formula is C20H26O5. The van der Waals surface area contributed by atoms with Crippen molar-refractivity contribution in [2.75, 3.05) is 6.61 Å². The Morgan fingerprint density at radius 3 is 2.84 bits per heavy atom. The number of esters is 2. The van der Waals surface area contributed by atoms with Crippen LogP contribution in [0.1, 0.15) is 45.4 Å². The summed E-state index contributed by atoms with van der Waals surface area (Å²) in [7, 11) is 0. The Labute approximate surface area is 148 Å². The van der Waals surface area contributed by atoms with E-state index in [0.717, 1.165) is 16.7 Å². The minimum absolute atomic E-state index is 0.102. The molecule has 1 fully saturated rings. The molecule has 5 heteroatoms. The smallest absolute Gasteiger partial charge is 0.334 e. The SMILES string of the molecule is C=C(C)C[C@H]1C/C(=C\CCC(=C)C(O)CCC2=CC(=O)OC2)C(=O)O1. The van der Waals surface area contributed by atoms with E-state index < -0.39 is 6.10 Å². The molecule has 5 nitrogen and oxygen atoms in total. The predicted octanol–water partition coefficient (Wildman–Crippen LogP) is 3.16. The van der Waals surface area contributed by atoms with Crippen molar-refractivity contribution in [3.63, 3.8) is 0 Å². The normalized spacial score (nSPS) is 22.6. The van der Waals surface area contributed by atoms with E-state index in [-0.39, 0.29) is 18.0 Å². The minimum atomic E-state index is -0.623. The largest absolute Gasteiger partial charge is 0.458 e. The molecule has 2 atom stereocenters. The van der Waals surface area contributed by atoms with Crippen LogP contribution in [0.5, 0.6) is 0 Å². The van der Waals surface area contributed by atoms with Crippen molar-refractivity contribution in [3.05, 3.63) is 47.6 Å². The Bertz CT molecular complexity index is 626. The summed E-state index contributed by atoms with van der Waals surface area (Å²) in [6.07, 6.45) is 6.32. The molecule has 136 valence electrons.